The van der Waals surface area contributed by atoms with E-state index in [1.165, 1.54) is 7.11 Å². The van der Waals surface area contributed by atoms with Crippen molar-refractivity contribution in [1.82, 2.24) is 4.90 Å². The van der Waals surface area contributed by atoms with E-state index in [2.05, 4.69) is 40.8 Å². The van der Waals surface area contributed by atoms with Crippen LogP contribution in [0.1, 0.15) is 75.7 Å². The van der Waals surface area contributed by atoms with Crippen LogP contribution in [0.4, 0.5) is 0 Å². The fourth-order valence-corrected chi connectivity index (χ4v) is 5.50. The summed E-state index contributed by atoms with van der Waals surface area (Å²) in [5.74, 6) is -0.143. The lowest BCUT2D eigenvalue weighted by Gasteiger charge is -2.38. The summed E-state index contributed by atoms with van der Waals surface area (Å²) in [7, 11) is -0.432. The Morgan fingerprint density at radius 3 is 2.46 bits per heavy atom. The minimum absolute atomic E-state index is 0.0402. The molecule has 2 atom stereocenters. The first kappa shape index (κ1) is 29.0. The van der Waals surface area contributed by atoms with Crippen molar-refractivity contribution in [2.24, 2.45) is 0 Å². The fourth-order valence-electron chi connectivity index (χ4n) is 4.03. The number of hydrogen-bond donors (Lipinski definition) is 0. The molecule has 194 valence electrons. The lowest BCUT2D eigenvalue weighted by molar-refractivity contribution is -0.128. The number of hydrogen-bond acceptors (Lipinski definition) is 5. The molecule has 1 aromatic carbocycles. The molecule has 7 heteroatoms. The molecule has 0 N–H and O–H groups in total. The van der Waals surface area contributed by atoms with Crippen molar-refractivity contribution in [2.75, 3.05) is 13.7 Å². The fraction of sp³-hybridized carbons (Fsp3) is 0.607. The van der Waals surface area contributed by atoms with Crippen LogP contribution in [0.2, 0.25) is 18.1 Å². The third kappa shape index (κ3) is 8.72. The molecule has 1 aromatic rings. The topological polar surface area (TPSA) is 72.9 Å². The van der Waals surface area contributed by atoms with Gasteiger partial charge < -0.3 is 14.1 Å². The predicted octanol–water partition coefficient (Wildman–Crippen LogP) is 5.71. The van der Waals surface area contributed by atoms with Crippen LogP contribution in [0, 0.1) is 0 Å². The van der Waals surface area contributed by atoms with Crippen molar-refractivity contribution in [2.45, 2.75) is 96.5 Å². The van der Waals surface area contributed by atoms with Crippen LogP contribution in [0.25, 0.3) is 0 Å². The van der Waals surface area contributed by atoms with Crippen molar-refractivity contribution in [3.8, 4) is 0 Å². The summed E-state index contributed by atoms with van der Waals surface area (Å²) in [5.41, 5.74) is 1.55. The molecular formula is C28H43NO5Si. The van der Waals surface area contributed by atoms with Gasteiger partial charge in [-0.2, -0.15) is 0 Å². The minimum atomic E-state index is -1.79. The molecule has 0 aliphatic carbocycles. The molecule has 0 aromatic heterocycles. The highest BCUT2D eigenvalue weighted by Crippen LogP contribution is 2.37. The van der Waals surface area contributed by atoms with E-state index in [1.54, 1.807) is 18.2 Å². The Morgan fingerprint density at radius 2 is 1.86 bits per heavy atom. The third-order valence-corrected chi connectivity index (χ3v) is 11.8. The summed E-state index contributed by atoms with van der Waals surface area (Å²) >= 11 is 0. The van der Waals surface area contributed by atoms with Gasteiger partial charge in [0.1, 0.15) is 0 Å². The Balaban J connectivity index is 1.80. The predicted molar refractivity (Wildman–Crippen MR) is 142 cm³/mol. The molecular weight excluding hydrogens is 458 g/mol. The molecule has 0 saturated carbocycles. The van der Waals surface area contributed by atoms with E-state index in [9.17, 15) is 14.4 Å². The van der Waals surface area contributed by atoms with Gasteiger partial charge in [-0.25, -0.2) is 4.79 Å². The molecule has 0 bridgehead atoms. The number of ketones is 1. The third-order valence-electron chi connectivity index (χ3n) is 7.23. The van der Waals surface area contributed by atoms with Gasteiger partial charge in [-0.05, 0) is 74.5 Å². The summed E-state index contributed by atoms with van der Waals surface area (Å²) in [6.07, 6.45) is 7.80. The summed E-state index contributed by atoms with van der Waals surface area (Å²) in [6, 6.07) is 7.21. The van der Waals surface area contributed by atoms with Gasteiger partial charge in [0.15, 0.2) is 14.1 Å². The van der Waals surface area contributed by atoms with E-state index in [0.29, 0.717) is 31.4 Å². The normalized spacial score (nSPS) is 17.7. The van der Waals surface area contributed by atoms with E-state index in [0.717, 1.165) is 24.8 Å². The van der Waals surface area contributed by atoms with Gasteiger partial charge in [0.25, 0.3) is 0 Å². The van der Waals surface area contributed by atoms with E-state index in [4.69, 9.17) is 9.16 Å². The van der Waals surface area contributed by atoms with Crippen LogP contribution < -0.4 is 0 Å². The number of likely N-dealkylation sites (tertiary alicyclic amines) is 1. The molecule has 1 aliphatic rings. The highest BCUT2D eigenvalue weighted by molar-refractivity contribution is 6.74. The molecule has 35 heavy (non-hydrogen) atoms. The van der Waals surface area contributed by atoms with Crippen molar-refractivity contribution < 1.29 is 23.5 Å². The highest BCUT2D eigenvalue weighted by Gasteiger charge is 2.38. The number of esters is 1. The number of benzene rings is 1. The molecule has 1 amide bonds. The average Bonchev–Trinajstić information content (AvgIpc) is 3.14. The van der Waals surface area contributed by atoms with Crippen LogP contribution >= 0.6 is 0 Å². The average molecular weight is 502 g/mol. The SMILES string of the molecule is COC(=O)c1ccc(CCN2C(=O)CC[C@@H]2/C=C/C(=O)CCC[C@H](C)O[Si](C)(C)C(C)(C)C)cc1. The quantitative estimate of drug-likeness (QED) is 0.208. The van der Waals surface area contributed by atoms with Crippen molar-refractivity contribution in [1.29, 1.82) is 0 Å². The smallest absolute Gasteiger partial charge is 0.337 e. The van der Waals surface area contributed by atoms with Gasteiger partial charge in [-0.1, -0.05) is 39.0 Å². The van der Waals surface area contributed by atoms with Gasteiger partial charge in [0.05, 0.1) is 18.7 Å². The number of carbonyl (C=O) groups is 3. The molecule has 1 heterocycles. The maximum Gasteiger partial charge on any atom is 0.337 e. The molecule has 1 saturated heterocycles. The molecule has 0 unspecified atom stereocenters. The first-order chi connectivity index (χ1) is 16.3. The number of allylic oxidation sites excluding steroid dienone is 1. The number of rotatable bonds is 12. The monoisotopic (exact) mass is 501 g/mol. The molecule has 1 fully saturated rings. The second-order valence-corrected chi connectivity index (χ2v) is 15.8. The Bertz CT molecular complexity index is 901. The maximum absolute atomic E-state index is 12.4. The van der Waals surface area contributed by atoms with Crippen molar-refractivity contribution >= 4 is 26.0 Å². The standard InChI is InChI=1S/C28H43NO5Si/c1-21(34-35(6,7)28(2,3)4)9-8-10-25(30)17-15-24-16-18-26(31)29(24)20-19-22-11-13-23(14-12-22)27(32)33-5/h11-15,17,21,24H,8-10,16,18-20H2,1-7H3/b17-15+/t21-,24-/m0/s1. The van der Waals surface area contributed by atoms with Crippen LogP contribution in [-0.4, -0.2) is 56.7 Å². The van der Waals surface area contributed by atoms with E-state index in [-0.39, 0.29) is 34.8 Å². The largest absolute Gasteiger partial charge is 0.465 e. The van der Waals surface area contributed by atoms with Crippen LogP contribution in [0.15, 0.2) is 36.4 Å². The zero-order valence-electron chi connectivity index (χ0n) is 22.6. The summed E-state index contributed by atoms with van der Waals surface area (Å²) < 4.78 is 11.1. The Hall–Kier alpha value is -2.25. The minimum Gasteiger partial charge on any atom is -0.465 e. The Morgan fingerprint density at radius 1 is 1.20 bits per heavy atom. The number of nitrogens with zero attached hydrogens (tertiary/aromatic N) is 1. The van der Waals surface area contributed by atoms with Gasteiger partial charge in [-0.15, -0.1) is 0 Å². The van der Waals surface area contributed by atoms with Gasteiger partial charge >= 0.3 is 5.97 Å². The van der Waals surface area contributed by atoms with Crippen LogP contribution in [0.5, 0.6) is 0 Å². The molecule has 0 spiro atoms. The second kappa shape index (κ2) is 12.6. The van der Waals surface area contributed by atoms with Crippen LogP contribution in [-0.2, 0) is 25.2 Å². The van der Waals surface area contributed by atoms with E-state index in [1.807, 2.05) is 23.1 Å². The van der Waals surface area contributed by atoms with Gasteiger partial charge in [-0.3, -0.25) is 9.59 Å². The Kier molecular flexibility index (Phi) is 10.5. The Labute approximate surface area is 212 Å². The number of carbonyl (C=O) groups excluding carboxylic acids is 3. The zero-order valence-corrected chi connectivity index (χ0v) is 23.6. The zero-order chi connectivity index (χ0) is 26.2. The van der Waals surface area contributed by atoms with E-state index < -0.39 is 8.32 Å². The maximum atomic E-state index is 12.4. The molecule has 2 rings (SSSR count). The van der Waals surface area contributed by atoms with E-state index >= 15 is 0 Å². The molecule has 6 nitrogen and oxygen atoms in total. The lowest BCUT2D eigenvalue weighted by Crippen LogP contribution is -2.43. The number of methoxy groups -OCH3 is 1. The van der Waals surface area contributed by atoms with Crippen molar-refractivity contribution in [3.63, 3.8) is 0 Å². The summed E-state index contributed by atoms with van der Waals surface area (Å²) in [4.78, 5) is 38.3. The van der Waals surface area contributed by atoms with Gasteiger partial charge in [0, 0.05) is 25.5 Å². The first-order valence-corrected chi connectivity index (χ1v) is 15.6. The number of ether oxygens (including phenoxy) is 1. The second-order valence-electron chi connectivity index (χ2n) is 11.0. The van der Waals surface area contributed by atoms with Crippen molar-refractivity contribution in [3.05, 3.63) is 47.5 Å². The molecule has 1 aliphatic heterocycles. The molecule has 0 radical (unpaired) electrons. The first-order valence-electron chi connectivity index (χ1n) is 12.7. The highest BCUT2D eigenvalue weighted by atomic mass is 28.4. The van der Waals surface area contributed by atoms with Gasteiger partial charge in [0.2, 0.25) is 5.91 Å². The number of amides is 1. The summed E-state index contributed by atoms with van der Waals surface area (Å²) in [6.45, 7) is 13.9. The lowest BCUT2D eigenvalue weighted by atomic mass is 10.1. The van der Waals surface area contributed by atoms with Crippen LogP contribution in [0.3, 0.4) is 0 Å². The summed E-state index contributed by atoms with van der Waals surface area (Å²) in [5, 5.41) is 0.177.